The summed E-state index contributed by atoms with van der Waals surface area (Å²) in [6.45, 7) is 2.38. The van der Waals surface area contributed by atoms with Gasteiger partial charge < -0.3 is 19.5 Å². The van der Waals surface area contributed by atoms with Crippen LogP contribution < -0.4 is 10.2 Å². The van der Waals surface area contributed by atoms with Crippen LogP contribution in [0.2, 0.25) is 0 Å². The van der Waals surface area contributed by atoms with E-state index in [1.807, 2.05) is 64.1 Å². The minimum Gasteiger partial charge on any atom is -0.378 e. The van der Waals surface area contributed by atoms with Gasteiger partial charge in [-0.3, -0.25) is 4.79 Å². The number of hydrogen-bond acceptors (Lipinski definition) is 3. The summed E-state index contributed by atoms with van der Waals surface area (Å²) in [5.74, 6) is -0.596. The number of morpholine rings is 1. The number of anilines is 2. The number of halogens is 3. The molecule has 1 fully saturated rings. The molecule has 0 spiro atoms. The fourth-order valence-electron chi connectivity index (χ4n) is 4.42. The Morgan fingerprint density at radius 3 is 2.37 bits per heavy atom. The summed E-state index contributed by atoms with van der Waals surface area (Å²) in [5.41, 5.74) is 1.42. The normalized spacial score (nSPS) is 14.3. The first-order chi connectivity index (χ1) is 16.9. The van der Waals surface area contributed by atoms with Crippen molar-refractivity contribution >= 4 is 28.2 Å². The Hall–Kier alpha value is -3.78. The van der Waals surface area contributed by atoms with Crippen LogP contribution >= 0.6 is 0 Å². The van der Waals surface area contributed by atoms with Gasteiger partial charge in [0.15, 0.2) is 0 Å². The van der Waals surface area contributed by atoms with Crippen molar-refractivity contribution in [2.24, 2.45) is 0 Å². The van der Waals surface area contributed by atoms with Crippen LogP contribution in [0.5, 0.6) is 0 Å². The summed E-state index contributed by atoms with van der Waals surface area (Å²) < 4.78 is 49.1. The van der Waals surface area contributed by atoms with Crippen molar-refractivity contribution in [1.82, 2.24) is 4.57 Å². The minimum absolute atomic E-state index is 0.268. The maximum Gasteiger partial charge on any atom is 0.418 e. The molecule has 3 aromatic carbocycles. The number of fused-ring (bicyclic) bond motifs is 1. The highest BCUT2D eigenvalue weighted by atomic mass is 19.4. The number of amides is 1. The largest absolute Gasteiger partial charge is 0.418 e. The Bertz CT molecular complexity index is 1340. The first kappa shape index (κ1) is 23.0. The highest BCUT2D eigenvalue weighted by Crippen LogP contribution is 2.38. The van der Waals surface area contributed by atoms with Gasteiger partial charge in [0, 0.05) is 36.2 Å². The molecule has 8 heteroatoms. The third kappa shape index (κ3) is 4.88. The second-order valence-corrected chi connectivity index (χ2v) is 8.44. The Labute approximate surface area is 200 Å². The predicted octanol–water partition coefficient (Wildman–Crippen LogP) is 5.80. The third-order valence-corrected chi connectivity index (χ3v) is 6.16. The molecule has 0 aliphatic carbocycles. The number of para-hydroxylation sites is 1. The highest BCUT2D eigenvalue weighted by Gasteiger charge is 2.35. The average Bonchev–Trinajstić information content (AvgIpc) is 3.23. The number of aromatic nitrogens is 1. The van der Waals surface area contributed by atoms with Crippen LogP contribution in [0.3, 0.4) is 0 Å². The van der Waals surface area contributed by atoms with E-state index in [1.165, 1.54) is 6.07 Å². The van der Waals surface area contributed by atoms with E-state index in [-0.39, 0.29) is 5.69 Å². The van der Waals surface area contributed by atoms with Gasteiger partial charge in [-0.05, 0) is 35.9 Å². The van der Waals surface area contributed by atoms with E-state index in [2.05, 4.69) is 5.32 Å². The van der Waals surface area contributed by atoms with Crippen molar-refractivity contribution in [2.75, 3.05) is 36.5 Å². The molecule has 35 heavy (non-hydrogen) atoms. The standard InChI is InChI=1S/C27H24F3N3O2/c28-27(29,30)22-17-21(32-12-14-35-15-13-32)10-11-23(22)31-26(34)25-16-20-8-4-5-9-24(20)33(25)18-19-6-2-1-3-7-19/h1-11,16-17H,12-15,18H2,(H,31,34). The van der Waals surface area contributed by atoms with E-state index in [4.69, 9.17) is 4.74 Å². The first-order valence-electron chi connectivity index (χ1n) is 11.4. The van der Waals surface area contributed by atoms with Crippen LogP contribution in [0.25, 0.3) is 10.9 Å². The van der Waals surface area contributed by atoms with Crippen LogP contribution in [0, 0.1) is 0 Å². The van der Waals surface area contributed by atoms with Gasteiger partial charge in [-0.2, -0.15) is 13.2 Å². The van der Waals surface area contributed by atoms with Gasteiger partial charge >= 0.3 is 6.18 Å². The Balaban J connectivity index is 1.50. The molecule has 1 saturated heterocycles. The molecule has 0 unspecified atom stereocenters. The number of nitrogens with one attached hydrogen (secondary N) is 1. The summed E-state index contributed by atoms with van der Waals surface area (Å²) in [4.78, 5) is 15.2. The van der Waals surface area contributed by atoms with E-state index in [9.17, 15) is 18.0 Å². The summed E-state index contributed by atoms with van der Waals surface area (Å²) in [6.07, 6.45) is -4.62. The molecular formula is C27H24F3N3O2. The molecule has 180 valence electrons. The van der Waals surface area contributed by atoms with Crippen LogP contribution in [0.4, 0.5) is 24.5 Å². The molecule has 5 nitrogen and oxygen atoms in total. The van der Waals surface area contributed by atoms with E-state index in [0.717, 1.165) is 22.5 Å². The number of carbonyl (C=O) groups is 1. The van der Waals surface area contributed by atoms with Crippen molar-refractivity contribution in [3.8, 4) is 0 Å². The molecule has 0 bridgehead atoms. The number of benzene rings is 3. The van der Waals surface area contributed by atoms with Crippen LogP contribution in [0.15, 0.2) is 78.9 Å². The second kappa shape index (κ2) is 9.46. The molecule has 0 atom stereocenters. The quantitative estimate of drug-likeness (QED) is 0.394. The number of nitrogens with zero attached hydrogens (tertiary/aromatic N) is 2. The fraction of sp³-hybridized carbons (Fsp3) is 0.222. The van der Waals surface area contributed by atoms with Gasteiger partial charge in [-0.25, -0.2) is 0 Å². The van der Waals surface area contributed by atoms with Crippen molar-refractivity contribution in [2.45, 2.75) is 12.7 Å². The lowest BCUT2D eigenvalue weighted by Crippen LogP contribution is -2.36. The lowest BCUT2D eigenvalue weighted by Gasteiger charge is -2.29. The Morgan fingerprint density at radius 2 is 1.63 bits per heavy atom. The molecule has 4 aromatic rings. The van der Waals surface area contributed by atoms with Gasteiger partial charge in [0.2, 0.25) is 0 Å². The SMILES string of the molecule is O=C(Nc1ccc(N2CCOCC2)cc1C(F)(F)F)c1cc2ccccc2n1Cc1ccccc1. The molecule has 0 radical (unpaired) electrons. The van der Waals surface area contributed by atoms with Crippen LogP contribution in [0.1, 0.15) is 21.6 Å². The monoisotopic (exact) mass is 479 g/mol. The molecule has 1 aromatic heterocycles. The summed E-state index contributed by atoms with van der Waals surface area (Å²) >= 11 is 0. The zero-order chi connectivity index (χ0) is 24.4. The number of hydrogen-bond donors (Lipinski definition) is 1. The maximum absolute atomic E-state index is 14.0. The van der Waals surface area contributed by atoms with Gasteiger partial charge in [0.1, 0.15) is 5.69 Å². The number of rotatable bonds is 5. The van der Waals surface area contributed by atoms with Crippen molar-refractivity contribution in [3.05, 3.63) is 95.7 Å². The summed E-state index contributed by atoms with van der Waals surface area (Å²) in [5, 5.41) is 3.37. The molecule has 1 amide bonds. The number of carbonyl (C=O) groups excluding carboxylic acids is 1. The van der Waals surface area contributed by atoms with Gasteiger partial charge in [0.25, 0.3) is 5.91 Å². The van der Waals surface area contributed by atoms with Gasteiger partial charge in [-0.1, -0.05) is 48.5 Å². The molecule has 5 rings (SSSR count). The van der Waals surface area contributed by atoms with Crippen molar-refractivity contribution < 1.29 is 22.7 Å². The number of ether oxygens (including phenoxy) is 1. The van der Waals surface area contributed by atoms with Gasteiger partial charge in [-0.15, -0.1) is 0 Å². The van der Waals surface area contributed by atoms with E-state index in [1.54, 1.807) is 12.1 Å². The van der Waals surface area contributed by atoms with E-state index >= 15 is 0 Å². The predicted molar refractivity (Wildman–Crippen MR) is 130 cm³/mol. The van der Waals surface area contributed by atoms with Crippen molar-refractivity contribution in [3.63, 3.8) is 0 Å². The molecule has 0 saturated carbocycles. The van der Waals surface area contributed by atoms with E-state index < -0.39 is 17.6 Å². The van der Waals surface area contributed by atoms with Crippen LogP contribution in [-0.4, -0.2) is 36.8 Å². The third-order valence-electron chi connectivity index (χ3n) is 6.16. The second-order valence-electron chi connectivity index (χ2n) is 8.44. The van der Waals surface area contributed by atoms with Crippen molar-refractivity contribution in [1.29, 1.82) is 0 Å². The highest BCUT2D eigenvalue weighted by molar-refractivity contribution is 6.07. The minimum atomic E-state index is -4.62. The number of alkyl halides is 3. The first-order valence-corrected chi connectivity index (χ1v) is 11.4. The molecule has 1 N–H and O–H groups in total. The maximum atomic E-state index is 14.0. The molecule has 1 aliphatic heterocycles. The Kier molecular flexibility index (Phi) is 6.21. The fourth-order valence-corrected chi connectivity index (χ4v) is 4.42. The summed E-state index contributed by atoms with van der Waals surface area (Å²) in [6, 6.07) is 22.9. The molecular weight excluding hydrogens is 455 g/mol. The van der Waals surface area contributed by atoms with Gasteiger partial charge in [0.05, 0.1) is 24.5 Å². The smallest absolute Gasteiger partial charge is 0.378 e. The molecule has 2 heterocycles. The lowest BCUT2D eigenvalue weighted by atomic mass is 10.1. The molecule has 1 aliphatic rings. The zero-order valence-corrected chi connectivity index (χ0v) is 18.9. The topological polar surface area (TPSA) is 46.5 Å². The van der Waals surface area contributed by atoms with E-state index in [0.29, 0.717) is 44.2 Å². The average molecular weight is 480 g/mol. The summed E-state index contributed by atoms with van der Waals surface area (Å²) in [7, 11) is 0. The Morgan fingerprint density at radius 1 is 0.914 bits per heavy atom. The zero-order valence-electron chi connectivity index (χ0n) is 18.9. The lowest BCUT2D eigenvalue weighted by molar-refractivity contribution is -0.136. The van der Waals surface area contributed by atoms with Crippen LogP contribution in [-0.2, 0) is 17.5 Å².